The van der Waals surface area contributed by atoms with Crippen molar-refractivity contribution < 1.29 is 9.90 Å². The second-order valence-corrected chi connectivity index (χ2v) is 2.78. The maximum absolute atomic E-state index is 10.6. The SMILES string of the molecule is NCCNc1ncnc(C(=O)O)c1Cl. The topological polar surface area (TPSA) is 101 Å². The minimum absolute atomic E-state index is 0.00606. The summed E-state index contributed by atoms with van der Waals surface area (Å²) in [4.78, 5) is 17.9. The van der Waals surface area contributed by atoms with Crippen LogP contribution >= 0.6 is 11.6 Å². The number of halogens is 1. The maximum atomic E-state index is 10.6. The van der Waals surface area contributed by atoms with Crippen LogP contribution in [0.4, 0.5) is 5.82 Å². The average molecular weight is 217 g/mol. The number of nitrogens with two attached hydrogens (primary N) is 1. The number of rotatable bonds is 4. The molecule has 1 aromatic heterocycles. The standard InChI is InChI=1S/C7H9ClN4O2/c8-4-5(7(13)14)11-3-12-6(4)10-2-1-9/h3H,1-2,9H2,(H,13,14)(H,10,11,12). The van der Waals surface area contributed by atoms with E-state index >= 15 is 0 Å². The molecule has 1 heterocycles. The van der Waals surface area contributed by atoms with Crippen molar-refractivity contribution in [2.24, 2.45) is 5.73 Å². The fourth-order valence-corrected chi connectivity index (χ4v) is 1.08. The van der Waals surface area contributed by atoms with Crippen LogP contribution in [0.15, 0.2) is 6.33 Å². The molecule has 6 nitrogen and oxygen atoms in total. The van der Waals surface area contributed by atoms with Gasteiger partial charge in [0.05, 0.1) is 0 Å². The third-order valence-electron chi connectivity index (χ3n) is 1.43. The van der Waals surface area contributed by atoms with Gasteiger partial charge >= 0.3 is 5.97 Å². The van der Waals surface area contributed by atoms with Crippen LogP contribution < -0.4 is 11.1 Å². The van der Waals surface area contributed by atoms with Gasteiger partial charge in [0.25, 0.3) is 0 Å². The molecule has 0 saturated heterocycles. The van der Waals surface area contributed by atoms with E-state index in [-0.39, 0.29) is 16.5 Å². The van der Waals surface area contributed by atoms with Crippen LogP contribution in [0.2, 0.25) is 5.02 Å². The first-order valence-electron chi connectivity index (χ1n) is 3.84. The average Bonchev–Trinajstić information content (AvgIpc) is 2.16. The first-order chi connectivity index (χ1) is 6.66. The highest BCUT2D eigenvalue weighted by Crippen LogP contribution is 2.21. The molecule has 0 bridgehead atoms. The van der Waals surface area contributed by atoms with Crippen LogP contribution in [0.25, 0.3) is 0 Å². The zero-order valence-corrected chi connectivity index (χ0v) is 7.95. The van der Waals surface area contributed by atoms with Crippen molar-refractivity contribution in [3.05, 3.63) is 17.0 Å². The van der Waals surface area contributed by atoms with Gasteiger partial charge in [0, 0.05) is 13.1 Å². The van der Waals surface area contributed by atoms with E-state index in [2.05, 4.69) is 15.3 Å². The molecule has 0 fully saturated rings. The molecule has 0 aliphatic carbocycles. The summed E-state index contributed by atoms with van der Waals surface area (Å²) in [5.74, 6) is -0.905. The molecule has 0 atom stereocenters. The third kappa shape index (κ3) is 2.30. The summed E-state index contributed by atoms with van der Waals surface area (Å²) in [6.07, 6.45) is 1.13. The molecule has 4 N–H and O–H groups in total. The molecule has 76 valence electrons. The second kappa shape index (κ2) is 4.73. The Hall–Kier alpha value is -1.40. The van der Waals surface area contributed by atoms with Crippen molar-refractivity contribution in [1.82, 2.24) is 9.97 Å². The van der Waals surface area contributed by atoms with Crippen molar-refractivity contribution in [3.63, 3.8) is 0 Å². The Kier molecular flexibility index (Phi) is 3.61. The van der Waals surface area contributed by atoms with Gasteiger partial charge in [-0.05, 0) is 0 Å². The fraction of sp³-hybridized carbons (Fsp3) is 0.286. The van der Waals surface area contributed by atoms with Crippen LogP contribution in [-0.4, -0.2) is 34.1 Å². The van der Waals surface area contributed by atoms with Crippen molar-refractivity contribution >= 4 is 23.4 Å². The van der Waals surface area contributed by atoms with E-state index < -0.39 is 5.97 Å². The van der Waals surface area contributed by atoms with Crippen LogP contribution in [-0.2, 0) is 0 Å². The van der Waals surface area contributed by atoms with E-state index in [9.17, 15) is 4.79 Å². The van der Waals surface area contributed by atoms with Gasteiger partial charge in [0.2, 0.25) is 0 Å². The largest absolute Gasteiger partial charge is 0.476 e. The van der Waals surface area contributed by atoms with Gasteiger partial charge < -0.3 is 16.2 Å². The Morgan fingerprint density at radius 3 is 2.93 bits per heavy atom. The number of aromatic carboxylic acids is 1. The number of anilines is 1. The summed E-state index contributed by atoms with van der Waals surface area (Å²) in [6, 6.07) is 0. The lowest BCUT2D eigenvalue weighted by atomic mass is 10.4. The minimum atomic E-state index is -1.19. The zero-order chi connectivity index (χ0) is 10.6. The van der Waals surface area contributed by atoms with E-state index in [4.69, 9.17) is 22.4 Å². The van der Waals surface area contributed by atoms with Gasteiger partial charge in [-0.1, -0.05) is 11.6 Å². The number of nitrogens with zero attached hydrogens (tertiary/aromatic N) is 2. The molecule has 0 spiro atoms. The number of carbonyl (C=O) groups is 1. The molecule has 0 aromatic carbocycles. The molecule has 0 unspecified atom stereocenters. The number of carboxylic acids is 1. The fourth-order valence-electron chi connectivity index (χ4n) is 0.833. The number of hydrogen-bond donors (Lipinski definition) is 3. The molecule has 0 radical (unpaired) electrons. The normalized spacial score (nSPS) is 9.86. The monoisotopic (exact) mass is 216 g/mol. The molecular formula is C7H9ClN4O2. The van der Waals surface area contributed by atoms with E-state index in [1.54, 1.807) is 0 Å². The molecule has 0 saturated carbocycles. The Labute approximate surface area is 85.1 Å². The summed E-state index contributed by atoms with van der Waals surface area (Å²) in [5.41, 5.74) is 5.04. The second-order valence-electron chi connectivity index (χ2n) is 2.41. The predicted octanol–water partition coefficient (Wildman–Crippen LogP) is 0.199. The summed E-state index contributed by atoms with van der Waals surface area (Å²) < 4.78 is 0. The Morgan fingerprint density at radius 2 is 2.36 bits per heavy atom. The van der Waals surface area contributed by atoms with Gasteiger partial charge in [0.15, 0.2) is 5.69 Å². The molecular weight excluding hydrogens is 208 g/mol. The Morgan fingerprint density at radius 1 is 1.64 bits per heavy atom. The first kappa shape index (κ1) is 10.7. The maximum Gasteiger partial charge on any atom is 0.356 e. The minimum Gasteiger partial charge on any atom is -0.476 e. The van der Waals surface area contributed by atoms with E-state index in [1.807, 2.05) is 0 Å². The van der Waals surface area contributed by atoms with Crippen molar-refractivity contribution in [3.8, 4) is 0 Å². The van der Waals surface area contributed by atoms with Crippen molar-refractivity contribution in [2.75, 3.05) is 18.4 Å². The van der Waals surface area contributed by atoms with Crippen molar-refractivity contribution in [1.29, 1.82) is 0 Å². The van der Waals surface area contributed by atoms with Crippen LogP contribution in [0, 0.1) is 0 Å². The summed E-state index contributed by atoms with van der Waals surface area (Å²) in [7, 11) is 0. The molecule has 0 aliphatic rings. The highest BCUT2D eigenvalue weighted by Gasteiger charge is 2.14. The van der Waals surface area contributed by atoms with Gasteiger partial charge in [-0.15, -0.1) is 0 Å². The number of aromatic nitrogens is 2. The molecule has 14 heavy (non-hydrogen) atoms. The molecule has 0 amide bonds. The molecule has 1 aromatic rings. The van der Waals surface area contributed by atoms with E-state index in [1.165, 1.54) is 0 Å². The number of carboxylic acid groups (broad SMARTS) is 1. The molecule has 0 aliphatic heterocycles. The summed E-state index contributed by atoms with van der Waals surface area (Å²) >= 11 is 5.73. The van der Waals surface area contributed by atoms with Crippen LogP contribution in [0.1, 0.15) is 10.5 Å². The summed E-state index contributed by atoms with van der Waals surface area (Å²) in [5, 5.41) is 11.5. The predicted molar refractivity (Wildman–Crippen MR) is 51.5 cm³/mol. The van der Waals surface area contributed by atoms with Crippen molar-refractivity contribution in [2.45, 2.75) is 0 Å². The van der Waals surface area contributed by atoms with Gasteiger partial charge in [0.1, 0.15) is 17.2 Å². The van der Waals surface area contributed by atoms with Crippen LogP contribution in [0.5, 0.6) is 0 Å². The first-order valence-corrected chi connectivity index (χ1v) is 4.22. The lowest BCUT2D eigenvalue weighted by Gasteiger charge is -2.06. The molecule has 7 heteroatoms. The lowest BCUT2D eigenvalue weighted by Crippen LogP contribution is -2.15. The lowest BCUT2D eigenvalue weighted by molar-refractivity contribution is 0.0690. The van der Waals surface area contributed by atoms with Gasteiger partial charge in [-0.2, -0.15) is 0 Å². The van der Waals surface area contributed by atoms with E-state index in [0.29, 0.717) is 13.1 Å². The molecule has 1 rings (SSSR count). The van der Waals surface area contributed by atoms with Gasteiger partial charge in [-0.3, -0.25) is 0 Å². The third-order valence-corrected chi connectivity index (χ3v) is 1.79. The van der Waals surface area contributed by atoms with Gasteiger partial charge in [-0.25, -0.2) is 14.8 Å². The van der Waals surface area contributed by atoms with Crippen LogP contribution in [0.3, 0.4) is 0 Å². The highest BCUT2D eigenvalue weighted by molar-refractivity contribution is 6.35. The smallest absolute Gasteiger partial charge is 0.356 e. The zero-order valence-electron chi connectivity index (χ0n) is 7.20. The van der Waals surface area contributed by atoms with E-state index in [0.717, 1.165) is 6.33 Å². The highest BCUT2D eigenvalue weighted by atomic mass is 35.5. The number of nitrogens with one attached hydrogen (secondary N) is 1. The Balaban J connectivity index is 2.95. The Bertz CT molecular complexity index is 344. The quantitative estimate of drug-likeness (QED) is 0.665. The summed E-state index contributed by atoms with van der Waals surface area (Å²) in [6.45, 7) is 0.874. The number of hydrogen-bond acceptors (Lipinski definition) is 5.